The number of aryl methyl sites for hydroxylation is 3. The molecule has 30 nitrogen and oxygen atoms in total. The number of fused-ring (bicyclic) bond motifs is 15. The molecule has 3 aromatic heterocycles. The molecule has 9 heterocycles. The van der Waals surface area contributed by atoms with Gasteiger partial charge in [-0.1, -0.05) is 135 Å². The summed E-state index contributed by atoms with van der Waals surface area (Å²) in [6, 6.07) is 12.1. The summed E-state index contributed by atoms with van der Waals surface area (Å²) < 4.78 is 54.0. The first-order valence-electron chi connectivity index (χ1n) is 49.6. The molecule has 0 spiro atoms. The zero-order valence-corrected chi connectivity index (χ0v) is 83.9. The van der Waals surface area contributed by atoms with Crippen molar-refractivity contribution in [3.05, 3.63) is 71.7 Å². The van der Waals surface area contributed by atoms with Crippen molar-refractivity contribution >= 4 is 88.0 Å². The topological polar surface area (TPSA) is 360 Å². The monoisotopic (exact) mass is 1970 g/mol. The Hall–Kier alpha value is -8.54. The summed E-state index contributed by atoms with van der Waals surface area (Å²) in [6.45, 7) is 10.3. The first-order valence-corrected chi connectivity index (χ1v) is 49.6. The van der Waals surface area contributed by atoms with Crippen LogP contribution in [-0.2, 0) is 118 Å². The molecule has 18 rings (SSSR count). The van der Waals surface area contributed by atoms with Crippen LogP contribution in [-0.4, -0.2) is 212 Å². The van der Waals surface area contributed by atoms with E-state index < -0.39 is 84.0 Å². The first-order chi connectivity index (χ1) is 64.0. The summed E-state index contributed by atoms with van der Waals surface area (Å²) in [5, 5.41) is 8.95. The number of carbonyl (C=O) groups is 6. The summed E-state index contributed by atoms with van der Waals surface area (Å²) in [7, 11) is 4.84. The third kappa shape index (κ3) is 24.3. The van der Waals surface area contributed by atoms with Gasteiger partial charge in [-0.2, -0.15) is 0 Å². The number of benzene rings is 3. The third-order valence-corrected chi connectivity index (χ3v) is 31.5. The van der Waals surface area contributed by atoms with E-state index in [1.165, 1.54) is 0 Å². The van der Waals surface area contributed by atoms with Crippen molar-refractivity contribution < 1.29 is 146 Å². The number of nitrogens with one attached hydrogen (secondary N) is 3. The van der Waals surface area contributed by atoms with Crippen LogP contribution in [0.5, 0.6) is 34.9 Å². The number of rotatable bonds is 9. The molecule has 735 valence electrons. The van der Waals surface area contributed by atoms with E-state index in [-0.39, 0.29) is 145 Å². The van der Waals surface area contributed by atoms with E-state index in [0.29, 0.717) is 82.5 Å². The van der Waals surface area contributed by atoms with Crippen molar-refractivity contribution in [3.8, 4) is 34.9 Å². The van der Waals surface area contributed by atoms with E-state index in [0.717, 1.165) is 252 Å². The largest absolute Gasteiger partial charge is 0.540 e. The van der Waals surface area contributed by atoms with Gasteiger partial charge in [-0.3, -0.25) is 14.4 Å². The molecule has 12 aliphatic rings. The van der Waals surface area contributed by atoms with Gasteiger partial charge in [0.15, 0.2) is 0 Å². The van der Waals surface area contributed by atoms with E-state index in [1.807, 2.05) is 89.2 Å². The molecule has 6 bridgehead atoms. The third-order valence-electron chi connectivity index (χ3n) is 31.5. The van der Waals surface area contributed by atoms with Crippen molar-refractivity contribution in [2.45, 2.75) is 344 Å². The van der Waals surface area contributed by atoms with Gasteiger partial charge < -0.3 is 87.7 Å². The molecule has 6 aromatic rings. The Morgan fingerprint density at radius 3 is 1.04 bits per heavy atom. The SMILES string of the molecule is COc1ccc2nc3c(nc2c1)O[C@H]1CN(C(=O)[C@H](C2CCCCC2)NC(=O)O[C@@H]2CCC[C@H]2CCCCC3)[C@H]([C-]=O)[C@@H]1C.COc1ccc2nc3c(nc2c1)O[C@H]1CN(C(=O)[C@H](C2CCCCC2)NC(=O)O[C@]2(C)CCC[C@H]2CCCCC3)[C@H]([C-]=O)[C@@H]1C.COc1ccc2nc3c(nc2c1)O[C@H]1CN(C(=O)[C@H](C2CCCCC2)NC(=O)O[C@]2(C)C[C@H]2CCCCC3)[C@H]([C-]=O)[C@@H]1C.[HH].[HH].[HH].[V].[V].[V]. The van der Waals surface area contributed by atoms with Crippen molar-refractivity contribution in [1.82, 2.24) is 60.6 Å². The summed E-state index contributed by atoms with van der Waals surface area (Å²) in [4.78, 5) is 154. The van der Waals surface area contributed by atoms with Crippen LogP contribution in [0.4, 0.5) is 14.4 Å². The van der Waals surface area contributed by atoms with Crippen LogP contribution in [0.2, 0.25) is 0 Å². The number of hydrogen-bond donors (Lipinski definition) is 3. The Morgan fingerprint density at radius 2 is 0.674 bits per heavy atom. The van der Waals surface area contributed by atoms with E-state index >= 15 is 0 Å². The molecule has 6 aliphatic heterocycles. The summed E-state index contributed by atoms with van der Waals surface area (Å²) in [5.41, 5.74) is 5.53. The number of methoxy groups -OCH3 is 3. The number of hydrogen-bond acceptors (Lipinski definition) is 24. The fourth-order valence-electron chi connectivity index (χ4n) is 23.2. The normalized spacial score (nSPS) is 31.0. The molecule has 3 saturated heterocycles. The van der Waals surface area contributed by atoms with Gasteiger partial charge in [0.2, 0.25) is 35.4 Å². The number of amides is 6. The number of alkyl carbamates (subject to hydrolysis) is 3. The van der Waals surface area contributed by atoms with Crippen LogP contribution < -0.4 is 44.4 Å². The first kappa shape index (κ1) is 104. The van der Waals surface area contributed by atoms with Crippen LogP contribution in [0.15, 0.2) is 54.6 Å². The molecule has 9 fully saturated rings. The summed E-state index contributed by atoms with van der Waals surface area (Å²) in [5.74, 6) is 2.39. The second kappa shape index (κ2) is 47.4. The Kier molecular flexibility index (Phi) is 36.5. The Balaban J connectivity index is 0.000000209. The predicted octanol–water partition coefficient (Wildman–Crippen LogP) is 16.6. The molecular formula is C102H141N12O18V3-3. The number of carbonyl (C=O) groups excluding carboxylic acids is 9. The molecule has 135 heavy (non-hydrogen) atoms. The van der Waals surface area contributed by atoms with Gasteiger partial charge >= 0.3 is 18.3 Å². The standard InChI is InChI=1S/C35H47N4O6.C34H45N4O6.C33H43N4O6.3V.3H2/c1-22-29(21-40)39-20-30(22)44-32-27(36-26-17-16-25(43-3)19-28(26)37-32)15-9-5-8-13-24-14-10-18-35(24,2)45-34(42)38-31(33(39)41)23-11-6-4-7-12-23;1-21-28(20-39)38-19-30(21)43-32-26(35-25-17-16-24(42-2)18-27(25)36-32)14-8-4-5-10-22-13-9-15-29(22)44-34(41)37-31(33(38)40)23-11-6-3-7-12-23;1-20-27(19-38)37-18-28(20)42-30-25(34-24-15-14-23(41-3)16-26(24)35-30)13-9-5-8-12-22-17-33(22,2)43-32(40)36-29(31(37)39)21-10-6-4-7-11-21;;;;;;/h16-17,19,22-24,29-31H,4-15,18,20H2,1-3H3,(H,38,42);16-18,21-23,28-31H,3-15,19H2,1-2H3,(H,37,41);14-16,20-22,27-29H,4-13,17-18H2,1-3H3,(H,36,40);;;;3*1H/q3*-1;;;;;;/t22-,24+,29+,30-,31-,35+;21-,22+,28+,29+,30-,31-;20-,22+,27+,28-,29-,33+;;;;;;/m000....../s1. The second-order valence-corrected chi connectivity index (χ2v) is 40.1. The van der Waals surface area contributed by atoms with Gasteiger partial charge in [0.25, 0.3) is 0 Å². The fraction of sp³-hybridized carbons (Fsp3) is 0.676. The van der Waals surface area contributed by atoms with Gasteiger partial charge in [0.05, 0.1) is 74.1 Å². The smallest absolute Gasteiger partial charge is 0.408 e. The molecule has 18 atom stereocenters. The van der Waals surface area contributed by atoms with Crippen molar-refractivity contribution in [3.63, 3.8) is 0 Å². The van der Waals surface area contributed by atoms with Gasteiger partial charge in [0.1, 0.15) is 88.1 Å². The molecule has 0 unspecified atom stereocenters. The minimum Gasteiger partial charge on any atom is -0.540 e. The maximum absolute atomic E-state index is 14.3. The van der Waals surface area contributed by atoms with Gasteiger partial charge in [-0.05, 0) is 239 Å². The van der Waals surface area contributed by atoms with Crippen LogP contribution in [0.3, 0.4) is 0 Å². The minimum atomic E-state index is -0.804. The Morgan fingerprint density at radius 1 is 0.356 bits per heavy atom. The Labute approximate surface area is 833 Å². The van der Waals surface area contributed by atoms with Crippen LogP contribution in [0.1, 0.15) is 274 Å². The molecular weight excluding hydrogens is 1830 g/mol. The minimum absolute atomic E-state index is 0. The molecule has 6 amide bonds. The molecule has 6 saturated carbocycles. The zero-order valence-electron chi connectivity index (χ0n) is 79.7. The Bertz CT molecular complexity index is 5130. The van der Waals surface area contributed by atoms with Crippen LogP contribution >= 0.6 is 0 Å². The van der Waals surface area contributed by atoms with E-state index in [1.54, 1.807) is 36.0 Å². The average molecular weight is 1980 g/mol. The number of nitrogens with zero attached hydrogens (tertiary/aromatic N) is 9. The summed E-state index contributed by atoms with van der Waals surface area (Å²) >= 11 is 0. The quantitative estimate of drug-likeness (QED) is 0.0894. The van der Waals surface area contributed by atoms with E-state index in [4.69, 9.17) is 72.5 Å². The molecule has 3 aromatic carbocycles. The molecule has 33 heteroatoms. The number of ether oxygens (including phenoxy) is 9. The maximum Gasteiger partial charge on any atom is 0.408 e. The zero-order chi connectivity index (χ0) is 92.3. The van der Waals surface area contributed by atoms with E-state index in [9.17, 15) is 43.2 Å². The van der Waals surface area contributed by atoms with Crippen molar-refractivity contribution in [1.29, 1.82) is 0 Å². The second-order valence-electron chi connectivity index (χ2n) is 40.1. The van der Waals surface area contributed by atoms with Crippen LogP contribution in [0.25, 0.3) is 33.1 Å². The van der Waals surface area contributed by atoms with E-state index in [2.05, 4.69) is 34.8 Å². The number of aromatic nitrogens is 6. The predicted molar refractivity (Wildman–Crippen MR) is 499 cm³/mol. The van der Waals surface area contributed by atoms with Gasteiger partial charge in [-0.25, -0.2) is 63.1 Å². The average Bonchev–Trinajstić information content (AvgIpc) is 1.62. The molecule has 3 N–H and O–H groups in total. The van der Waals surface area contributed by atoms with Crippen LogP contribution in [0, 0.1) is 53.3 Å². The maximum atomic E-state index is 14.3. The van der Waals surface area contributed by atoms with Gasteiger partial charge in [0, 0.05) is 84.1 Å². The molecule has 3 radical (unpaired) electrons. The summed E-state index contributed by atoms with van der Waals surface area (Å²) in [6.07, 6.45) is 38.1. The van der Waals surface area contributed by atoms with Crippen molar-refractivity contribution in [2.24, 2.45) is 53.3 Å². The van der Waals surface area contributed by atoms with Crippen molar-refractivity contribution in [2.75, 3.05) is 41.0 Å². The molecule has 6 aliphatic carbocycles. The fourth-order valence-corrected chi connectivity index (χ4v) is 23.2. The van der Waals surface area contributed by atoms with Gasteiger partial charge in [-0.15, -0.1) is 0 Å².